The second kappa shape index (κ2) is 12.6. The third-order valence-electron chi connectivity index (χ3n) is 10.8. The lowest BCUT2D eigenvalue weighted by molar-refractivity contribution is 1.08. The Balaban J connectivity index is 1.24. The molecule has 9 aromatic carbocycles. The highest BCUT2D eigenvalue weighted by atomic mass is 15.0. The van der Waals surface area contributed by atoms with Crippen LogP contribution in [0.5, 0.6) is 0 Å². The number of benzene rings is 9. The van der Waals surface area contributed by atoms with Crippen LogP contribution in [0.15, 0.2) is 194 Å². The van der Waals surface area contributed by atoms with Gasteiger partial charge in [0.1, 0.15) is 0 Å². The van der Waals surface area contributed by atoms with Crippen molar-refractivity contribution in [2.75, 3.05) is 0 Å². The first kappa shape index (κ1) is 31.1. The Morgan fingerprint density at radius 3 is 1.58 bits per heavy atom. The molecule has 0 amide bonds. The van der Waals surface area contributed by atoms with Gasteiger partial charge < -0.3 is 4.57 Å². The summed E-state index contributed by atoms with van der Waals surface area (Å²) in [5, 5.41) is 9.60. The molecule has 0 N–H and O–H groups in total. The molecule has 0 aliphatic heterocycles. The molecular weight excluding hydrogens is 669 g/mol. The van der Waals surface area contributed by atoms with Crippen LogP contribution in [0.3, 0.4) is 0 Å². The highest BCUT2D eigenvalue weighted by molar-refractivity contribution is 6.24. The minimum Gasteiger partial charge on any atom is -0.309 e. The van der Waals surface area contributed by atoms with Crippen LogP contribution in [0.25, 0.3) is 105 Å². The lowest BCUT2D eigenvalue weighted by Gasteiger charge is -2.16. The van der Waals surface area contributed by atoms with Crippen molar-refractivity contribution in [2.24, 2.45) is 0 Å². The van der Waals surface area contributed by atoms with Crippen molar-refractivity contribution in [1.82, 2.24) is 19.5 Å². The summed E-state index contributed by atoms with van der Waals surface area (Å²) in [6.45, 7) is 0. The molecule has 0 aliphatic carbocycles. The quantitative estimate of drug-likeness (QED) is 0.179. The summed E-state index contributed by atoms with van der Waals surface area (Å²) in [4.78, 5) is 15.4. The van der Waals surface area contributed by atoms with Crippen molar-refractivity contribution >= 4 is 54.1 Å². The van der Waals surface area contributed by atoms with Crippen LogP contribution >= 0.6 is 0 Å². The van der Waals surface area contributed by atoms with Gasteiger partial charge in [-0.3, -0.25) is 0 Å². The van der Waals surface area contributed by atoms with E-state index in [0.29, 0.717) is 17.5 Å². The van der Waals surface area contributed by atoms with Gasteiger partial charge in [0.25, 0.3) is 0 Å². The van der Waals surface area contributed by atoms with Crippen LogP contribution in [0.4, 0.5) is 0 Å². The van der Waals surface area contributed by atoms with Crippen LogP contribution in [-0.4, -0.2) is 19.5 Å². The number of aromatic nitrogens is 4. The second-order valence-electron chi connectivity index (χ2n) is 14.0. The largest absolute Gasteiger partial charge is 0.309 e. The maximum Gasteiger partial charge on any atom is 0.164 e. The fourth-order valence-corrected chi connectivity index (χ4v) is 8.19. The maximum absolute atomic E-state index is 5.18. The zero-order valence-electron chi connectivity index (χ0n) is 29.8. The Bertz CT molecular complexity index is 3180. The van der Waals surface area contributed by atoms with E-state index >= 15 is 0 Å². The number of nitrogens with zero attached hydrogens (tertiary/aromatic N) is 4. The minimum absolute atomic E-state index is 0.633. The van der Waals surface area contributed by atoms with Crippen molar-refractivity contribution in [3.05, 3.63) is 194 Å². The predicted molar refractivity (Wildman–Crippen MR) is 228 cm³/mol. The Labute approximate surface area is 317 Å². The van der Waals surface area contributed by atoms with E-state index in [1.165, 1.54) is 43.4 Å². The Kier molecular flexibility index (Phi) is 7.14. The molecule has 4 nitrogen and oxygen atoms in total. The summed E-state index contributed by atoms with van der Waals surface area (Å²) < 4.78 is 2.45. The minimum atomic E-state index is 0.633. The summed E-state index contributed by atoms with van der Waals surface area (Å²) >= 11 is 0. The monoisotopic (exact) mass is 700 g/mol. The molecule has 11 aromatic rings. The molecule has 55 heavy (non-hydrogen) atoms. The first-order valence-corrected chi connectivity index (χ1v) is 18.6. The standard InChI is InChI=1S/C51H32N4/c1-4-14-33(15-5-1)39-24-26-41-43(30-39)42(51-53-49(35-17-6-2-7-18-35)52-50(54-51)36-19-8-3-9-20-36)27-29-45(41)55-46-28-25-34-16-12-13-23-40(34)48(46)44-31-37-21-10-11-22-38(37)32-47(44)55/h1-32H. The van der Waals surface area contributed by atoms with Crippen molar-refractivity contribution in [3.8, 4) is 51.0 Å². The lowest BCUT2D eigenvalue weighted by atomic mass is 9.96. The van der Waals surface area contributed by atoms with Gasteiger partial charge in [-0.05, 0) is 74.5 Å². The molecule has 256 valence electrons. The van der Waals surface area contributed by atoms with Gasteiger partial charge in [0.05, 0.1) is 16.7 Å². The van der Waals surface area contributed by atoms with Crippen molar-refractivity contribution in [3.63, 3.8) is 0 Å². The Morgan fingerprint density at radius 2 is 0.891 bits per heavy atom. The van der Waals surface area contributed by atoms with Crippen LogP contribution in [0.2, 0.25) is 0 Å². The molecular formula is C51H32N4. The third kappa shape index (κ3) is 5.19. The van der Waals surface area contributed by atoms with Gasteiger partial charge in [-0.15, -0.1) is 0 Å². The fourth-order valence-electron chi connectivity index (χ4n) is 8.19. The van der Waals surface area contributed by atoms with Gasteiger partial charge in [0.2, 0.25) is 0 Å². The molecule has 0 atom stereocenters. The van der Waals surface area contributed by atoms with E-state index in [1.54, 1.807) is 0 Å². The average Bonchev–Trinajstić information content (AvgIpc) is 3.59. The molecule has 11 rings (SSSR count). The van der Waals surface area contributed by atoms with E-state index in [-0.39, 0.29) is 0 Å². The number of fused-ring (bicyclic) bond motifs is 7. The smallest absolute Gasteiger partial charge is 0.164 e. The SMILES string of the molecule is c1ccc(-c2ccc3c(-n4c5cc6ccccc6cc5c5c6ccccc6ccc54)ccc(-c4nc(-c5ccccc5)nc(-c5ccccc5)n4)c3c2)cc1. The maximum atomic E-state index is 5.18. The van der Waals surface area contributed by atoms with Gasteiger partial charge >= 0.3 is 0 Å². The highest BCUT2D eigenvalue weighted by Crippen LogP contribution is 2.42. The molecule has 4 heteroatoms. The van der Waals surface area contributed by atoms with Gasteiger partial charge in [-0.1, -0.05) is 158 Å². The van der Waals surface area contributed by atoms with E-state index in [0.717, 1.165) is 44.3 Å². The van der Waals surface area contributed by atoms with E-state index in [9.17, 15) is 0 Å². The van der Waals surface area contributed by atoms with E-state index in [2.05, 4.69) is 162 Å². The van der Waals surface area contributed by atoms with Crippen LogP contribution in [0, 0.1) is 0 Å². The average molecular weight is 701 g/mol. The number of hydrogen-bond acceptors (Lipinski definition) is 3. The zero-order valence-corrected chi connectivity index (χ0v) is 29.8. The third-order valence-corrected chi connectivity index (χ3v) is 10.8. The van der Waals surface area contributed by atoms with Crippen molar-refractivity contribution < 1.29 is 0 Å². The van der Waals surface area contributed by atoms with E-state index in [4.69, 9.17) is 15.0 Å². The topological polar surface area (TPSA) is 43.6 Å². The summed E-state index contributed by atoms with van der Waals surface area (Å²) in [6, 6.07) is 68.8. The molecule has 2 heterocycles. The molecule has 0 bridgehead atoms. The number of rotatable bonds is 5. The van der Waals surface area contributed by atoms with Gasteiger partial charge in [0, 0.05) is 32.8 Å². The lowest BCUT2D eigenvalue weighted by Crippen LogP contribution is -2.02. The Hall–Kier alpha value is -7.43. The fraction of sp³-hybridized carbons (Fsp3) is 0. The zero-order chi connectivity index (χ0) is 36.3. The first-order chi connectivity index (χ1) is 27.3. The van der Waals surface area contributed by atoms with E-state index < -0.39 is 0 Å². The second-order valence-corrected chi connectivity index (χ2v) is 14.0. The molecule has 0 radical (unpaired) electrons. The molecule has 0 fully saturated rings. The van der Waals surface area contributed by atoms with Gasteiger partial charge in [-0.25, -0.2) is 15.0 Å². The van der Waals surface area contributed by atoms with Crippen LogP contribution in [0.1, 0.15) is 0 Å². The molecule has 0 aliphatic rings. The summed E-state index contributed by atoms with van der Waals surface area (Å²) in [6.07, 6.45) is 0. The Morgan fingerprint density at radius 1 is 0.309 bits per heavy atom. The van der Waals surface area contributed by atoms with Gasteiger partial charge in [-0.2, -0.15) is 0 Å². The highest BCUT2D eigenvalue weighted by Gasteiger charge is 2.21. The first-order valence-electron chi connectivity index (χ1n) is 18.6. The number of hydrogen-bond donors (Lipinski definition) is 0. The predicted octanol–water partition coefficient (Wildman–Crippen LogP) is 13.1. The van der Waals surface area contributed by atoms with Crippen LogP contribution < -0.4 is 0 Å². The summed E-state index contributed by atoms with van der Waals surface area (Å²) in [7, 11) is 0. The van der Waals surface area contributed by atoms with Crippen LogP contribution in [-0.2, 0) is 0 Å². The molecule has 0 saturated heterocycles. The van der Waals surface area contributed by atoms with E-state index in [1.807, 2.05) is 36.4 Å². The molecule has 0 saturated carbocycles. The van der Waals surface area contributed by atoms with Gasteiger partial charge in [0.15, 0.2) is 17.5 Å². The molecule has 0 spiro atoms. The molecule has 2 aromatic heterocycles. The molecule has 0 unspecified atom stereocenters. The summed E-state index contributed by atoms with van der Waals surface area (Å²) in [5.74, 6) is 1.91. The summed E-state index contributed by atoms with van der Waals surface area (Å²) in [5.41, 5.74) is 8.56. The normalized spacial score (nSPS) is 11.6. The van der Waals surface area contributed by atoms with Crippen molar-refractivity contribution in [2.45, 2.75) is 0 Å². The van der Waals surface area contributed by atoms with Crippen molar-refractivity contribution in [1.29, 1.82) is 0 Å².